The topological polar surface area (TPSA) is 6.48 Å². The summed E-state index contributed by atoms with van der Waals surface area (Å²) in [6.07, 6.45) is 10.2. The first kappa shape index (κ1) is 12.9. The maximum absolute atomic E-state index is 2.82. The van der Waals surface area contributed by atoms with Crippen molar-refractivity contribution in [1.82, 2.24) is 9.80 Å². The SMILES string of the molecule is CC1CN2CCCC2CN1CC1(C)CCCCC1. The van der Waals surface area contributed by atoms with Gasteiger partial charge in [0.25, 0.3) is 0 Å². The van der Waals surface area contributed by atoms with Crippen LogP contribution in [0.3, 0.4) is 0 Å². The van der Waals surface area contributed by atoms with Crippen LogP contribution in [0.1, 0.15) is 58.8 Å². The van der Waals surface area contributed by atoms with E-state index < -0.39 is 0 Å². The molecule has 0 amide bonds. The third kappa shape index (κ3) is 2.60. The molecule has 3 fully saturated rings. The molecule has 104 valence electrons. The summed E-state index contributed by atoms with van der Waals surface area (Å²) in [6.45, 7) is 10.4. The molecule has 0 spiro atoms. The van der Waals surface area contributed by atoms with E-state index in [0.717, 1.165) is 12.1 Å². The van der Waals surface area contributed by atoms with Gasteiger partial charge in [-0.25, -0.2) is 0 Å². The van der Waals surface area contributed by atoms with E-state index in [2.05, 4.69) is 23.6 Å². The summed E-state index contributed by atoms with van der Waals surface area (Å²) in [6, 6.07) is 1.66. The van der Waals surface area contributed by atoms with Gasteiger partial charge in [-0.3, -0.25) is 9.80 Å². The Kier molecular flexibility index (Phi) is 3.68. The minimum Gasteiger partial charge on any atom is -0.298 e. The minimum absolute atomic E-state index is 0.618. The van der Waals surface area contributed by atoms with Crippen molar-refractivity contribution in [3.63, 3.8) is 0 Å². The van der Waals surface area contributed by atoms with E-state index in [0.29, 0.717) is 5.41 Å². The molecule has 2 aliphatic heterocycles. The standard InChI is InChI=1S/C16H30N2/c1-14-11-17-10-6-7-15(17)12-18(14)13-16(2)8-4-3-5-9-16/h14-15H,3-13H2,1-2H3. The quantitative estimate of drug-likeness (QED) is 0.743. The first-order valence-corrected chi connectivity index (χ1v) is 8.14. The normalized spacial score (nSPS) is 37.7. The molecule has 2 heteroatoms. The van der Waals surface area contributed by atoms with Crippen LogP contribution in [-0.4, -0.2) is 48.1 Å². The van der Waals surface area contributed by atoms with Crippen LogP contribution in [-0.2, 0) is 0 Å². The maximum Gasteiger partial charge on any atom is 0.0224 e. The molecule has 2 unspecified atom stereocenters. The molecule has 0 bridgehead atoms. The molecule has 2 nitrogen and oxygen atoms in total. The molecule has 1 aliphatic carbocycles. The van der Waals surface area contributed by atoms with Crippen molar-refractivity contribution < 1.29 is 0 Å². The number of nitrogens with zero attached hydrogens (tertiary/aromatic N) is 2. The highest BCUT2D eigenvalue weighted by atomic mass is 15.3. The molecule has 3 rings (SSSR count). The third-order valence-corrected chi connectivity index (χ3v) is 5.71. The smallest absolute Gasteiger partial charge is 0.0224 e. The summed E-state index contributed by atoms with van der Waals surface area (Å²) < 4.78 is 0. The fraction of sp³-hybridized carbons (Fsp3) is 1.00. The Labute approximate surface area is 113 Å². The van der Waals surface area contributed by atoms with Crippen LogP contribution in [0.2, 0.25) is 0 Å². The number of fused-ring (bicyclic) bond motifs is 1. The molecule has 0 radical (unpaired) electrons. The van der Waals surface area contributed by atoms with E-state index in [4.69, 9.17) is 0 Å². The zero-order chi connectivity index (χ0) is 12.6. The average Bonchev–Trinajstić information content (AvgIpc) is 2.77. The predicted molar refractivity (Wildman–Crippen MR) is 76.8 cm³/mol. The summed E-state index contributed by atoms with van der Waals surface area (Å²) >= 11 is 0. The zero-order valence-electron chi connectivity index (χ0n) is 12.3. The average molecular weight is 250 g/mol. The van der Waals surface area contributed by atoms with Crippen molar-refractivity contribution >= 4 is 0 Å². The Balaban J connectivity index is 1.61. The van der Waals surface area contributed by atoms with Crippen molar-refractivity contribution in [1.29, 1.82) is 0 Å². The van der Waals surface area contributed by atoms with E-state index in [1.165, 1.54) is 71.1 Å². The third-order valence-electron chi connectivity index (χ3n) is 5.71. The Morgan fingerprint density at radius 2 is 1.83 bits per heavy atom. The van der Waals surface area contributed by atoms with E-state index in [-0.39, 0.29) is 0 Å². The molecule has 0 aromatic rings. The van der Waals surface area contributed by atoms with Crippen molar-refractivity contribution in [2.24, 2.45) is 5.41 Å². The van der Waals surface area contributed by atoms with Crippen LogP contribution < -0.4 is 0 Å². The van der Waals surface area contributed by atoms with Gasteiger partial charge in [-0.1, -0.05) is 26.2 Å². The van der Waals surface area contributed by atoms with Gasteiger partial charge in [-0.05, 0) is 44.6 Å². The first-order valence-electron chi connectivity index (χ1n) is 8.14. The first-order chi connectivity index (χ1) is 8.66. The van der Waals surface area contributed by atoms with Gasteiger partial charge < -0.3 is 0 Å². The number of piperazine rings is 1. The van der Waals surface area contributed by atoms with E-state index in [1.54, 1.807) is 0 Å². The van der Waals surface area contributed by atoms with Crippen molar-refractivity contribution in [3.8, 4) is 0 Å². The van der Waals surface area contributed by atoms with Crippen LogP contribution >= 0.6 is 0 Å². The Hall–Kier alpha value is -0.0800. The van der Waals surface area contributed by atoms with E-state index >= 15 is 0 Å². The molecular formula is C16H30N2. The Morgan fingerprint density at radius 1 is 1.06 bits per heavy atom. The van der Waals surface area contributed by atoms with Crippen LogP contribution in [0, 0.1) is 5.41 Å². The summed E-state index contributed by atoms with van der Waals surface area (Å²) in [4.78, 5) is 5.56. The molecule has 0 aromatic heterocycles. The van der Waals surface area contributed by atoms with Crippen molar-refractivity contribution in [3.05, 3.63) is 0 Å². The second-order valence-electron chi connectivity index (χ2n) is 7.44. The minimum atomic E-state index is 0.618. The largest absolute Gasteiger partial charge is 0.298 e. The molecule has 18 heavy (non-hydrogen) atoms. The Bertz CT molecular complexity index is 283. The second kappa shape index (κ2) is 5.13. The van der Waals surface area contributed by atoms with Gasteiger partial charge in [-0.2, -0.15) is 0 Å². The lowest BCUT2D eigenvalue weighted by Crippen LogP contribution is -2.57. The number of hydrogen-bond acceptors (Lipinski definition) is 2. The molecule has 1 saturated carbocycles. The van der Waals surface area contributed by atoms with Crippen molar-refractivity contribution in [2.45, 2.75) is 70.9 Å². The number of hydrogen-bond donors (Lipinski definition) is 0. The summed E-state index contributed by atoms with van der Waals surface area (Å²) in [7, 11) is 0. The molecule has 2 saturated heterocycles. The molecule has 2 atom stereocenters. The maximum atomic E-state index is 2.82. The van der Waals surface area contributed by atoms with Gasteiger partial charge in [0.1, 0.15) is 0 Å². The van der Waals surface area contributed by atoms with Gasteiger partial charge in [0.15, 0.2) is 0 Å². The van der Waals surface area contributed by atoms with Gasteiger partial charge in [0.2, 0.25) is 0 Å². The van der Waals surface area contributed by atoms with Crippen LogP contribution in [0.25, 0.3) is 0 Å². The van der Waals surface area contributed by atoms with Crippen LogP contribution in [0.15, 0.2) is 0 Å². The molecule has 0 aromatic carbocycles. The highest BCUT2D eigenvalue weighted by molar-refractivity contribution is 4.93. The van der Waals surface area contributed by atoms with Gasteiger partial charge in [-0.15, -0.1) is 0 Å². The monoisotopic (exact) mass is 250 g/mol. The lowest BCUT2D eigenvalue weighted by atomic mass is 9.75. The van der Waals surface area contributed by atoms with Crippen molar-refractivity contribution in [2.75, 3.05) is 26.2 Å². The van der Waals surface area contributed by atoms with Crippen LogP contribution in [0.4, 0.5) is 0 Å². The molecule has 3 aliphatic rings. The second-order valence-corrected chi connectivity index (χ2v) is 7.44. The summed E-state index contributed by atoms with van der Waals surface area (Å²) in [5.41, 5.74) is 0.618. The Morgan fingerprint density at radius 3 is 2.61 bits per heavy atom. The highest BCUT2D eigenvalue weighted by Gasteiger charge is 2.37. The molecule has 2 heterocycles. The fourth-order valence-corrected chi connectivity index (χ4v) is 4.52. The lowest BCUT2D eigenvalue weighted by molar-refractivity contribution is 0.0193. The van der Waals surface area contributed by atoms with Gasteiger partial charge in [0.05, 0.1) is 0 Å². The summed E-state index contributed by atoms with van der Waals surface area (Å²) in [5, 5.41) is 0. The lowest BCUT2D eigenvalue weighted by Gasteiger charge is -2.47. The van der Waals surface area contributed by atoms with E-state index in [9.17, 15) is 0 Å². The summed E-state index contributed by atoms with van der Waals surface area (Å²) in [5.74, 6) is 0. The van der Waals surface area contributed by atoms with Gasteiger partial charge in [0, 0.05) is 31.7 Å². The van der Waals surface area contributed by atoms with Gasteiger partial charge >= 0.3 is 0 Å². The van der Waals surface area contributed by atoms with Crippen LogP contribution in [0.5, 0.6) is 0 Å². The predicted octanol–water partition coefficient (Wildman–Crippen LogP) is 3.13. The highest BCUT2D eigenvalue weighted by Crippen LogP contribution is 2.38. The number of rotatable bonds is 2. The zero-order valence-corrected chi connectivity index (χ0v) is 12.3. The molecular weight excluding hydrogens is 220 g/mol. The fourth-order valence-electron chi connectivity index (χ4n) is 4.52. The molecule has 0 N–H and O–H groups in total. The van der Waals surface area contributed by atoms with E-state index in [1.807, 2.05) is 0 Å².